The highest BCUT2D eigenvalue weighted by Crippen LogP contribution is 2.30. The Morgan fingerprint density at radius 1 is 1.27 bits per heavy atom. The molecule has 8 heteroatoms. The molecule has 0 spiro atoms. The van der Waals surface area contributed by atoms with Crippen LogP contribution >= 0.6 is 22.9 Å². The van der Waals surface area contributed by atoms with Crippen molar-refractivity contribution in [2.75, 3.05) is 18.4 Å². The van der Waals surface area contributed by atoms with Crippen molar-refractivity contribution >= 4 is 40.4 Å². The van der Waals surface area contributed by atoms with E-state index >= 15 is 0 Å². The molecule has 3 rings (SSSR count). The third-order valence-corrected chi connectivity index (χ3v) is 5.65. The number of nitrogens with one attached hydrogen (secondary N) is 1. The Bertz CT molecular complexity index is 791. The minimum Gasteiger partial charge on any atom is -0.342 e. The van der Waals surface area contributed by atoms with Crippen LogP contribution in [0.2, 0.25) is 5.02 Å². The summed E-state index contributed by atoms with van der Waals surface area (Å²) in [6, 6.07) is 6.90. The van der Waals surface area contributed by atoms with Crippen LogP contribution in [0.5, 0.6) is 0 Å². The van der Waals surface area contributed by atoms with Crippen molar-refractivity contribution < 1.29 is 9.59 Å². The molecule has 0 saturated carbocycles. The zero-order valence-electron chi connectivity index (χ0n) is 14.7. The smallest absolute Gasteiger partial charge is 0.286 e. The summed E-state index contributed by atoms with van der Waals surface area (Å²) in [5, 5.41) is 12.8. The number of piperidine rings is 1. The quantitative estimate of drug-likeness (QED) is 0.858. The van der Waals surface area contributed by atoms with Crippen LogP contribution in [0, 0.1) is 5.92 Å². The van der Waals surface area contributed by atoms with E-state index in [0.717, 1.165) is 24.4 Å². The van der Waals surface area contributed by atoms with Crippen LogP contribution in [-0.4, -0.2) is 40.0 Å². The van der Waals surface area contributed by atoms with Crippen molar-refractivity contribution in [3.8, 4) is 0 Å². The van der Waals surface area contributed by atoms with Gasteiger partial charge in [0.2, 0.25) is 10.9 Å². The second-order valence-electron chi connectivity index (χ2n) is 6.68. The van der Waals surface area contributed by atoms with Crippen LogP contribution in [0.4, 0.5) is 5.69 Å². The van der Waals surface area contributed by atoms with Gasteiger partial charge in [0.25, 0.3) is 5.91 Å². The Kier molecular flexibility index (Phi) is 5.88. The normalized spacial score (nSPS) is 17.4. The molecule has 138 valence electrons. The van der Waals surface area contributed by atoms with E-state index < -0.39 is 0 Å². The molecule has 1 aromatic carbocycles. The number of carbonyl (C=O) groups is 2. The summed E-state index contributed by atoms with van der Waals surface area (Å²) in [6.45, 7) is 5.26. The van der Waals surface area contributed by atoms with E-state index in [0.29, 0.717) is 22.3 Å². The van der Waals surface area contributed by atoms with E-state index in [4.69, 9.17) is 11.6 Å². The van der Waals surface area contributed by atoms with Crippen LogP contribution in [0.1, 0.15) is 47.4 Å². The second kappa shape index (κ2) is 8.14. The van der Waals surface area contributed by atoms with Crippen molar-refractivity contribution in [1.29, 1.82) is 0 Å². The van der Waals surface area contributed by atoms with E-state index in [1.54, 1.807) is 24.3 Å². The summed E-state index contributed by atoms with van der Waals surface area (Å²) in [6.07, 6.45) is 1.89. The van der Waals surface area contributed by atoms with E-state index in [-0.39, 0.29) is 23.7 Å². The Morgan fingerprint density at radius 2 is 2.00 bits per heavy atom. The zero-order valence-corrected chi connectivity index (χ0v) is 16.3. The predicted octanol–water partition coefficient (Wildman–Crippen LogP) is 3.81. The first-order chi connectivity index (χ1) is 12.4. The highest BCUT2D eigenvalue weighted by Gasteiger charge is 2.28. The van der Waals surface area contributed by atoms with E-state index in [1.807, 2.05) is 18.7 Å². The Hall–Kier alpha value is -1.99. The molecular weight excluding hydrogens is 372 g/mol. The molecule has 1 N–H and O–H groups in total. The molecule has 1 unspecified atom stereocenters. The first-order valence-corrected chi connectivity index (χ1v) is 9.82. The fourth-order valence-electron chi connectivity index (χ4n) is 2.95. The lowest BCUT2D eigenvalue weighted by atomic mass is 9.97. The maximum absolute atomic E-state index is 12.4. The van der Waals surface area contributed by atoms with Crippen LogP contribution in [-0.2, 0) is 4.79 Å². The van der Waals surface area contributed by atoms with Crippen LogP contribution < -0.4 is 5.32 Å². The molecule has 1 aliphatic rings. The van der Waals surface area contributed by atoms with Gasteiger partial charge in [0, 0.05) is 35.6 Å². The lowest BCUT2D eigenvalue weighted by Gasteiger charge is -2.32. The maximum Gasteiger partial charge on any atom is 0.286 e. The summed E-state index contributed by atoms with van der Waals surface area (Å²) in [5.41, 5.74) is 0.655. The van der Waals surface area contributed by atoms with Gasteiger partial charge in [-0.05, 0) is 37.1 Å². The van der Waals surface area contributed by atoms with Gasteiger partial charge in [-0.15, -0.1) is 10.2 Å². The molecule has 0 aliphatic carbocycles. The molecule has 2 amide bonds. The second-order valence-corrected chi connectivity index (χ2v) is 8.13. The molecule has 1 saturated heterocycles. The highest BCUT2D eigenvalue weighted by atomic mass is 35.5. The molecule has 0 radical (unpaired) electrons. The number of rotatable bonds is 4. The number of amides is 2. The summed E-state index contributed by atoms with van der Waals surface area (Å²) in [4.78, 5) is 26.5. The Labute approximate surface area is 161 Å². The number of aromatic nitrogens is 2. The SMILES string of the molecule is CC(C)C(=O)N1CCCC(c2nnc(C(=O)Nc3ccc(Cl)cc3)s2)C1. The third kappa shape index (κ3) is 4.40. The lowest BCUT2D eigenvalue weighted by Crippen LogP contribution is -2.41. The van der Waals surface area contributed by atoms with Gasteiger partial charge in [-0.3, -0.25) is 9.59 Å². The van der Waals surface area contributed by atoms with Gasteiger partial charge in [-0.1, -0.05) is 36.8 Å². The minimum absolute atomic E-state index is 0.0103. The summed E-state index contributed by atoms with van der Waals surface area (Å²) in [7, 11) is 0. The third-order valence-electron chi connectivity index (χ3n) is 4.31. The standard InChI is InChI=1S/C18H21ClN4O2S/c1-11(2)18(25)23-9-3-4-12(10-23)16-21-22-17(26-16)15(24)20-14-7-5-13(19)6-8-14/h5-8,11-12H,3-4,9-10H2,1-2H3,(H,20,24). The lowest BCUT2D eigenvalue weighted by molar-refractivity contribution is -0.135. The fourth-order valence-corrected chi connectivity index (χ4v) is 3.94. The number of anilines is 1. The number of likely N-dealkylation sites (tertiary alicyclic amines) is 1. The highest BCUT2D eigenvalue weighted by molar-refractivity contribution is 7.13. The molecule has 26 heavy (non-hydrogen) atoms. The molecule has 1 aromatic heterocycles. The van der Waals surface area contributed by atoms with Crippen molar-refractivity contribution in [2.45, 2.75) is 32.6 Å². The number of hydrogen-bond acceptors (Lipinski definition) is 5. The average molecular weight is 393 g/mol. The Morgan fingerprint density at radius 3 is 2.69 bits per heavy atom. The van der Waals surface area contributed by atoms with Crippen LogP contribution in [0.25, 0.3) is 0 Å². The molecule has 2 aromatic rings. The van der Waals surface area contributed by atoms with Gasteiger partial charge < -0.3 is 10.2 Å². The fraction of sp³-hybridized carbons (Fsp3) is 0.444. The van der Waals surface area contributed by atoms with Crippen molar-refractivity contribution in [1.82, 2.24) is 15.1 Å². The molecule has 1 atom stereocenters. The number of halogens is 1. The molecule has 1 aliphatic heterocycles. The van der Waals surface area contributed by atoms with Crippen molar-refractivity contribution in [3.63, 3.8) is 0 Å². The first kappa shape index (κ1) is 18.8. The molecule has 6 nitrogen and oxygen atoms in total. The molecular formula is C18H21ClN4O2S. The molecule has 1 fully saturated rings. The average Bonchev–Trinajstić information content (AvgIpc) is 3.13. The zero-order chi connectivity index (χ0) is 18.7. The van der Waals surface area contributed by atoms with Gasteiger partial charge in [0.15, 0.2) is 0 Å². The van der Waals surface area contributed by atoms with Crippen molar-refractivity contribution in [3.05, 3.63) is 39.3 Å². The van der Waals surface area contributed by atoms with Gasteiger partial charge >= 0.3 is 0 Å². The predicted molar refractivity (Wildman–Crippen MR) is 103 cm³/mol. The number of carbonyl (C=O) groups excluding carboxylic acids is 2. The van der Waals surface area contributed by atoms with Gasteiger partial charge in [0.05, 0.1) is 0 Å². The molecule has 0 bridgehead atoms. The minimum atomic E-state index is -0.290. The first-order valence-electron chi connectivity index (χ1n) is 8.63. The van der Waals surface area contributed by atoms with Gasteiger partial charge in [0.1, 0.15) is 5.01 Å². The summed E-state index contributed by atoms with van der Waals surface area (Å²) in [5.74, 6) is 0.00633. The number of hydrogen-bond donors (Lipinski definition) is 1. The Balaban J connectivity index is 1.66. The van der Waals surface area contributed by atoms with Crippen molar-refractivity contribution in [2.24, 2.45) is 5.92 Å². The van der Waals surface area contributed by atoms with Crippen LogP contribution in [0.3, 0.4) is 0 Å². The van der Waals surface area contributed by atoms with Crippen LogP contribution in [0.15, 0.2) is 24.3 Å². The van der Waals surface area contributed by atoms with E-state index in [2.05, 4.69) is 15.5 Å². The number of nitrogens with zero attached hydrogens (tertiary/aromatic N) is 3. The molecule has 2 heterocycles. The van der Waals surface area contributed by atoms with E-state index in [1.165, 1.54) is 11.3 Å². The number of benzene rings is 1. The van der Waals surface area contributed by atoms with Gasteiger partial charge in [-0.2, -0.15) is 0 Å². The summed E-state index contributed by atoms with van der Waals surface area (Å²) >= 11 is 7.14. The van der Waals surface area contributed by atoms with E-state index in [9.17, 15) is 9.59 Å². The topological polar surface area (TPSA) is 75.2 Å². The largest absolute Gasteiger partial charge is 0.342 e. The van der Waals surface area contributed by atoms with Gasteiger partial charge in [-0.25, -0.2) is 0 Å². The maximum atomic E-state index is 12.4. The summed E-state index contributed by atoms with van der Waals surface area (Å²) < 4.78 is 0. The monoisotopic (exact) mass is 392 g/mol.